The predicted molar refractivity (Wildman–Crippen MR) is 75.6 cm³/mol. The normalized spacial score (nSPS) is 11.8. The Morgan fingerprint density at radius 3 is 2.79 bits per heavy atom. The van der Waals surface area contributed by atoms with Crippen LogP contribution in [0.2, 0.25) is 0 Å². The van der Waals surface area contributed by atoms with Crippen LogP contribution in [0.5, 0.6) is 0 Å². The van der Waals surface area contributed by atoms with Crippen molar-refractivity contribution in [1.29, 1.82) is 0 Å². The second kappa shape index (κ2) is 5.38. The molecule has 1 aromatic carbocycles. The zero-order valence-electron chi connectivity index (χ0n) is 11.1. The molecule has 0 aliphatic carbocycles. The molecule has 0 radical (unpaired) electrons. The highest BCUT2D eigenvalue weighted by atomic mass is 79.9. The lowest BCUT2D eigenvalue weighted by Crippen LogP contribution is -2.35. The smallest absolute Gasteiger partial charge is 0.148 e. The van der Waals surface area contributed by atoms with E-state index in [2.05, 4.69) is 52.3 Å². The summed E-state index contributed by atoms with van der Waals surface area (Å²) in [7, 11) is 0. The van der Waals surface area contributed by atoms with Crippen molar-refractivity contribution in [2.45, 2.75) is 32.9 Å². The van der Waals surface area contributed by atoms with E-state index >= 15 is 0 Å². The Bertz CT molecular complexity index is 574. The standard InChI is InChI=1S/C13H16BrFN4/c1-13(2,3)16-7-10-8-19(18-17-10)12-6-9(14)4-5-11(12)15/h4-6,8,16H,7H2,1-3H3. The lowest BCUT2D eigenvalue weighted by atomic mass is 10.1. The first-order valence-corrected chi connectivity index (χ1v) is 6.76. The van der Waals surface area contributed by atoms with Crippen molar-refractivity contribution in [2.24, 2.45) is 0 Å². The fraction of sp³-hybridized carbons (Fsp3) is 0.385. The number of rotatable bonds is 3. The van der Waals surface area contributed by atoms with Crippen LogP contribution in [0.15, 0.2) is 28.9 Å². The Labute approximate surface area is 120 Å². The van der Waals surface area contributed by atoms with E-state index in [9.17, 15) is 4.39 Å². The maximum absolute atomic E-state index is 13.7. The van der Waals surface area contributed by atoms with Crippen molar-refractivity contribution in [3.05, 3.63) is 40.4 Å². The van der Waals surface area contributed by atoms with Gasteiger partial charge in [0.2, 0.25) is 0 Å². The highest BCUT2D eigenvalue weighted by Crippen LogP contribution is 2.18. The van der Waals surface area contributed by atoms with Gasteiger partial charge in [-0.05, 0) is 39.0 Å². The Morgan fingerprint density at radius 1 is 1.37 bits per heavy atom. The second-order valence-corrected chi connectivity index (χ2v) is 6.27. The summed E-state index contributed by atoms with van der Waals surface area (Å²) in [6.45, 7) is 6.82. The average molecular weight is 327 g/mol. The SMILES string of the molecule is CC(C)(C)NCc1cn(-c2cc(Br)ccc2F)nn1. The van der Waals surface area contributed by atoms with Crippen LogP contribution in [0.4, 0.5) is 4.39 Å². The molecule has 0 spiro atoms. The summed E-state index contributed by atoms with van der Waals surface area (Å²) in [5.41, 5.74) is 1.16. The van der Waals surface area contributed by atoms with Crippen LogP contribution in [0.1, 0.15) is 26.5 Å². The van der Waals surface area contributed by atoms with Crippen molar-refractivity contribution in [3.8, 4) is 5.69 Å². The zero-order valence-corrected chi connectivity index (χ0v) is 12.7. The Kier molecular flexibility index (Phi) is 4.01. The van der Waals surface area contributed by atoms with Crippen LogP contribution >= 0.6 is 15.9 Å². The summed E-state index contributed by atoms with van der Waals surface area (Å²) in [6, 6.07) is 4.72. The molecule has 0 amide bonds. The molecule has 102 valence electrons. The summed E-state index contributed by atoms with van der Waals surface area (Å²) < 4.78 is 16.0. The average Bonchev–Trinajstić information content (AvgIpc) is 2.77. The third-order valence-corrected chi connectivity index (χ3v) is 2.99. The number of hydrogen-bond donors (Lipinski definition) is 1. The molecule has 0 bridgehead atoms. The van der Waals surface area contributed by atoms with Crippen LogP contribution in [0.25, 0.3) is 5.69 Å². The number of halogens is 2. The van der Waals surface area contributed by atoms with Crippen molar-refractivity contribution >= 4 is 15.9 Å². The van der Waals surface area contributed by atoms with Gasteiger partial charge < -0.3 is 5.32 Å². The van der Waals surface area contributed by atoms with E-state index in [0.717, 1.165) is 10.2 Å². The van der Waals surface area contributed by atoms with Gasteiger partial charge in [-0.2, -0.15) is 0 Å². The summed E-state index contributed by atoms with van der Waals surface area (Å²) in [4.78, 5) is 0. The Hall–Kier alpha value is -1.27. The highest BCUT2D eigenvalue weighted by Gasteiger charge is 2.12. The maximum Gasteiger partial charge on any atom is 0.148 e. The van der Waals surface area contributed by atoms with Gasteiger partial charge in [-0.3, -0.25) is 0 Å². The van der Waals surface area contributed by atoms with Gasteiger partial charge in [0.15, 0.2) is 0 Å². The fourth-order valence-corrected chi connectivity index (χ4v) is 1.86. The topological polar surface area (TPSA) is 42.7 Å². The van der Waals surface area contributed by atoms with E-state index in [4.69, 9.17) is 0 Å². The van der Waals surface area contributed by atoms with E-state index in [1.54, 1.807) is 18.3 Å². The second-order valence-electron chi connectivity index (χ2n) is 5.35. The van der Waals surface area contributed by atoms with Crippen LogP contribution in [-0.2, 0) is 6.54 Å². The first-order chi connectivity index (χ1) is 8.85. The quantitative estimate of drug-likeness (QED) is 0.942. The summed E-state index contributed by atoms with van der Waals surface area (Å²) in [5.74, 6) is -0.330. The Morgan fingerprint density at radius 2 is 2.11 bits per heavy atom. The van der Waals surface area contributed by atoms with Crippen LogP contribution in [-0.4, -0.2) is 20.5 Å². The van der Waals surface area contributed by atoms with Gasteiger partial charge in [0, 0.05) is 16.6 Å². The molecule has 1 heterocycles. The van der Waals surface area contributed by atoms with Gasteiger partial charge in [0.25, 0.3) is 0 Å². The van der Waals surface area contributed by atoms with Crippen LogP contribution in [0.3, 0.4) is 0 Å². The minimum atomic E-state index is -0.330. The first-order valence-electron chi connectivity index (χ1n) is 5.97. The highest BCUT2D eigenvalue weighted by molar-refractivity contribution is 9.10. The number of nitrogens with zero attached hydrogens (tertiary/aromatic N) is 3. The third kappa shape index (κ3) is 3.84. The van der Waals surface area contributed by atoms with Gasteiger partial charge in [-0.1, -0.05) is 21.1 Å². The minimum absolute atomic E-state index is 0.00477. The minimum Gasteiger partial charge on any atom is -0.306 e. The lowest BCUT2D eigenvalue weighted by molar-refractivity contribution is 0.421. The van der Waals surface area contributed by atoms with Gasteiger partial charge >= 0.3 is 0 Å². The van der Waals surface area contributed by atoms with E-state index in [-0.39, 0.29) is 11.4 Å². The predicted octanol–water partition coefficient (Wildman–Crippen LogP) is 3.06. The van der Waals surface area contributed by atoms with Crippen molar-refractivity contribution in [2.75, 3.05) is 0 Å². The lowest BCUT2D eigenvalue weighted by Gasteiger charge is -2.19. The van der Waals surface area contributed by atoms with Crippen LogP contribution in [0, 0.1) is 5.82 Å². The Balaban J connectivity index is 2.19. The number of nitrogens with one attached hydrogen (secondary N) is 1. The largest absolute Gasteiger partial charge is 0.306 e. The molecule has 0 aliphatic rings. The van der Waals surface area contributed by atoms with Crippen molar-refractivity contribution in [1.82, 2.24) is 20.3 Å². The molecule has 4 nitrogen and oxygen atoms in total. The van der Waals surface area contributed by atoms with E-state index in [1.807, 2.05) is 0 Å². The molecular formula is C13H16BrFN4. The van der Waals surface area contributed by atoms with Gasteiger partial charge in [0.05, 0.1) is 11.9 Å². The molecule has 1 N–H and O–H groups in total. The molecule has 0 aliphatic heterocycles. The van der Waals surface area contributed by atoms with E-state index < -0.39 is 0 Å². The molecule has 1 aromatic heterocycles. The number of hydrogen-bond acceptors (Lipinski definition) is 3. The van der Waals surface area contributed by atoms with Gasteiger partial charge in [-0.15, -0.1) is 5.10 Å². The molecule has 0 saturated carbocycles. The molecule has 2 aromatic rings. The van der Waals surface area contributed by atoms with Gasteiger partial charge in [-0.25, -0.2) is 9.07 Å². The molecule has 0 fully saturated rings. The van der Waals surface area contributed by atoms with Crippen molar-refractivity contribution < 1.29 is 4.39 Å². The molecule has 19 heavy (non-hydrogen) atoms. The zero-order chi connectivity index (χ0) is 14.0. The molecule has 2 rings (SSSR count). The molecular weight excluding hydrogens is 311 g/mol. The monoisotopic (exact) mass is 326 g/mol. The summed E-state index contributed by atoms with van der Waals surface area (Å²) in [5, 5.41) is 11.3. The van der Waals surface area contributed by atoms with E-state index in [0.29, 0.717) is 12.2 Å². The third-order valence-electron chi connectivity index (χ3n) is 2.50. The first kappa shape index (κ1) is 14.1. The maximum atomic E-state index is 13.7. The fourth-order valence-electron chi connectivity index (χ4n) is 1.51. The van der Waals surface area contributed by atoms with Crippen molar-refractivity contribution in [3.63, 3.8) is 0 Å². The molecule has 0 atom stereocenters. The molecule has 0 unspecified atom stereocenters. The van der Waals surface area contributed by atoms with E-state index in [1.165, 1.54) is 10.7 Å². The number of benzene rings is 1. The van der Waals surface area contributed by atoms with Gasteiger partial charge in [0.1, 0.15) is 11.5 Å². The summed E-state index contributed by atoms with van der Waals surface area (Å²) in [6.07, 6.45) is 1.73. The molecule has 6 heteroatoms. The van der Waals surface area contributed by atoms with Crippen LogP contribution < -0.4 is 5.32 Å². The summed E-state index contributed by atoms with van der Waals surface area (Å²) >= 11 is 3.32. The number of aromatic nitrogens is 3. The molecule has 0 saturated heterocycles.